The van der Waals surface area contributed by atoms with Gasteiger partial charge in [-0.2, -0.15) is 0 Å². The molecule has 0 atom stereocenters. The van der Waals surface area contributed by atoms with E-state index in [-0.39, 0.29) is 0 Å². The zero-order valence-electron chi connectivity index (χ0n) is 17.4. The lowest BCUT2D eigenvalue weighted by Crippen LogP contribution is -2.28. The Morgan fingerprint density at radius 2 is 1.74 bits per heavy atom. The third-order valence-corrected chi connectivity index (χ3v) is 5.05. The molecular formula is C22H35N3O2. The third-order valence-electron chi connectivity index (χ3n) is 5.05. The smallest absolute Gasteiger partial charge is 0.335 e. The highest BCUT2D eigenvalue weighted by Gasteiger charge is 2.15. The van der Waals surface area contributed by atoms with E-state index in [4.69, 9.17) is 4.98 Å². The first kappa shape index (κ1) is 21.4. The van der Waals surface area contributed by atoms with Gasteiger partial charge in [-0.3, -0.25) is 0 Å². The molecule has 0 aliphatic heterocycles. The van der Waals surface area contributed by atoms with E-state index < -0.39 is 5.97 Å². The maximum Gasteiger partial charge on any atom is 0.335 e. The van der Waals surface area contributed by atoms with Crippen molar-refractivity contribution in [1.82, 2.24) is 14.5 Å². The van der Waals surface area contributed by atoms with Crippen LogP contribution in [-0.2, 0) is 6.54 Å². The summed E-state index contributed by atoms with van der Waals surface area (Å²) in [6, 6.07) is 5.28. The Morgan fingerprint density at radius 1 is 1.11 bits per heavy atom. The zero-order valence-corrected chi connectivity index (χ0v) is 17.4. The number of rotatable bonds is 12. The number of carboxylic acids is 1. The monoisotopic (exact) mass is 373 g/mol. The van der Waals surface area contributed by atoms with Crippen molar-refractivity contribution in [2.24, 2.45) is 0 Å². The molecule has 1 heterocycles. The summed E-state index contributed by atoms with van der Waals surface area (Å²) in [6.07, 6.45) is 6.07. The minimum Gasteiger partial charge on any atom is -0.478 e. The third kappa shape index (κ3) is 5.80. The standard InChI is InChI=1S/C22H35N3O2/c1-5-7-12-24(13-8-6-2)14-9-15-25-20-11-10-18(22(26)27)16-19(20)23-21(25)17(3)4/h10-11,16-17H,5-9,12-15H2,1-4H3,(H,26,27). The first-order chi connectivity index (χ1) is 13.0. The number of aryl methyl sites for hydroxylation is 1. The molecule has 0 aliphatic rings. The Labute approximate surface area is 163 Å². The summed E-state index contributed by atoms with van der Waals surface area (Å²) >= 11 is 0. The number of fused-ring (bicyclic) bond motifs is 1. The maximum absolute atomic E-state index is 11.2. The van der Waals surface area contributed by atoms with Crippen LogP contribution in [0.2, 0.25) is 0 Å². The van der Waals surface area contributed by atoms with Gasteiger partial charge < -0.3 is 14.6 Å². The Morgan fingerprint density at radius 3 is 2.30 bits per heavy atom. The van der Waals surface area contributed by atoms with E-state index >= 15 is 0 Å². The summed E-state index contributed by atoms with van der Waals surface area (Å²) in [5.74, 6) is 0.447. The summed E-state index contributed by atoms with van der Waals surface area (Å²) in [5.41, 5.74) is 2.12. The van der Waals surface area contributed by atoms with Crippen LogP contribution >= 0.6 is 0 Å². The van der Waals surface area contributed by atoms with E-state index in [1.54, 1.807) is 12.1 Å². The van der Waals surface area contributed by atoms with Crippen LogP contribution in [0.3, 0.4) is 0 Å². The van der Waals surface area contributed by atoms with Crippen LogP contribution in [0.1, 0.15) is 81.9 Å². The number of carbonyl (C=O) groups is 1. The van der Waals surface area contributed by atoms with Crippen molar-refractivity contribution in [3.05, 3.63) is 29.6 Å². The molecule has 0 fully saturated rings. The van der Waals surface area contributed by atoms with Crippen molar-refractivity contribution in [2.45, 2.75) is 72.3 Å². The Hall–Kier alpha value is -1.88. The molecule has 5 nitrogen and oxygen atoms in total. The zero-order chi connectivity index (χ0) is 19.8. The Balaban J connectivity index is 2.13. The van der Waals surface area contributed by atoms with Crippen LogP contribution in [0.25, 0.3) is 11.0 Å². The molecule has 0 unspecified atom stereocenters. The minimum absolute atomic E-state index is 0.299. The number of hydrogen-bond donors (Lipinski definition) is 1. The van der Waals surface area contributed by atoms with Crippen LogP contribution in [0, 0.1) is 0 Å². The van der Waals surface area contributed by atoms with Gasteiger partial charge in [0.1, 0.15) is 5.82 Å². The summed E-state index contributed by atoms with van der Waals surface area (Å²) in [4.78, 5) is 18.6. The molecule has 2 rings (SSSR count). The number of imidazole rings is 1. The fourth-order valence-electron chi connectivity index (χ4n) is 3.51. The predicted octanol–water partition coefficient (Wildman–Crippen LogP) is 5.15. The second-order valence-electron chi connectivity index (χ2n) is 7.69. The van der Waals surface area contributed by atoms with E-state index in [1.807, 2.05) is 6.07 Å². The van der Waals surface area contributed by atoms with E-state index in [0.29, 0.717) is 11.5 Å². The van der Waals surface area contributed by atoms with Crippen LogP contribution in [0.15, 0.2) is 18.2 Å². The molecule has 5 heteroatoms. The first-order valence-corrected chi connectivity index (χ1v) is 10.4. The molecule has 1 aromatic heterocycles. The largest absolute Gasteiger partial charge is 0.478 e. The fourth-order valence-corrected chi connectivity index (χ4v) is 3.51. The summed E-state index contributed by atoms with van der Waals surface area (Å²) < 4.78 is 2.28. The lowest BCUT2D eigenvalue weighted by atomic mass is 10.2. The molecule has 0 saturated carbocycles. The van der Waals surface area contributed by atoms with Gasteiger partial charge in [0.25, 0.3) is 0 Å². The molecular weight excluding hydrogens is 338 g/mol. The van der Waals surface area contributed by atoms with Gasteiger partial charge in [0.15, 0.2) is 0 Å². The van der Waals surface area contributed by atoms with Crippen molar-refractivity contribution < 1.29 is 9.90 Å². The average molecular weight is 374 g/mol. The normalized spacial score (nSPS) is 11.8. The second kappa shape index (κ2) is 10.5. The average Bonchev–Trinajstić information content (AvgIpc) is 3.01. The van der Waals surface area contributed by atoms with Gasteiger partial charge in [0, 0.05) is 12.5 Å². The molecule has 27 heavy (non-hydrogen) atoms. The van der Waals surface area contributed by atoms with E-state index in [0.717, 1.165) is 36.4 Å². The van der Waals surface area contributed by atoms with Gasteiger partial charge in [-0.1, -0.05) is 40.5 Å². The number of nitrogens with zero attached hydrogens (tertiary/aromatic N) is 3. The SMILES string of the molecule is CCCCN(CCCC)CCCn1c(C(C)C)nc2cc(C(=O)O)ccc21. The van der Waals surface area contributed by atoms with Crippen LogP contribution in [0.5, 0.6) is 0 Å². The topological polar surface area (TPSA) is 58.4 Å². The van der Waals surface area contributed by atoms with Gasteiger partial charge in [-0.05, 0) is 57.1 Å². The molecule has 0 radical (unpaired) electrons. The van der Waals surface area contributed by atoms with Crippen molar-refractivity contribution in [3.63, 3.8) is 0 Å². The number of hydrogen-bond acceptors (Lipinski definition) is 3. The molecule has 0 spiro atoms. The number of benzene rings is 1. The highest BCUT2D eigenvalue weighted by Crippen LogP contribution is 2.23. The summed E-state index contributed by atoms with van der Waals surface area (Å²) in [5, 5.41) is 9.23. The molecule has 0 bridgehead atoms. The molecule has 150 valence electrons. The lowest BCUT2D eigenvalue weighted by molar-refractivity contribution is 0.0697. The quantitative estimate of drug-likeness (QED) is 0.559. The van der Waals surface area contributed by atoms with E-state index in [2.05, 4.69) is 37.2 Å². The fraction of sp³-hybridized carbons (Fsp3) is 0.636. The molecule has 1 N–H and O–H groups in total. The van der Waals surface area contributed by atoms with Gasteiger partial charge in [0.05, 0.1) is 16.6 Å². The second-order valence-corrected chi connectivity index (χ2v) is 7.69. The van der Waals surface area contributed by atoms with Crippen LogP contribution < -0.4 is 0 Å². The van der Waals surface area contributed by atoms with E-state index in [9.17, 15) is 9.90 Å². The van der Waals surface area contributed by atoms with Crippen molar-refractivity contribution in [1.29, 1.82) is 0 Å². The first-order valence-electron chi connectivity index (χ1n) is 10.4. The minimum atomic E-state index is -0.903. The number of carboxylic acid groups (broad SMARTS) is 1. The Kier molecular flexibility index (Phi) is 8.29. The predicted molar refractivity (Wildman–Crippen MR) is 112 cm³/mol. The molecule has 2 aromatic rings. The molecule has 0 saturated heterocycles. The summed E-state index contributed by atoms with van der Waals surface area (Å²) in [7, 11) is 0. The van der Waals surface area contributed by atoms with Crippen LogP contribution in [0.4, 0.5) is 0 Å². The highest BCUT2D eigenvalue weighted by molar-refractivity contribution is 5.92. The molecule has 1 aromatic carbocycles. The Bertz CT molecular complexity index is 728. The maximum atomic E-state index is 11.2. The van der Waals surface area contributed by atoms with Crippen molar-refractivity contribution in [3.8, 4) is 0 Å². The van der Waals surface area contributed by atoms with Gasteiger partial charge in [0.2, 0.25) is 0 Å². The lowest BCUT2D eigenvalue weighted by Gasteiger charge is -2.22. The highest BCUT2D eigenvalue weighted by atomic mass is 16.4. The summed E-state index contributed by atoms with van der Waals surface area (Å²) in [6.45, 7) is 13.2. The van der Waals surface area contributed by atoms with E-state index in [1.165, 1.54) is 38.8 Å². The number of aromatic carboxylic acids is 1. The van der Waals surface area contributed by atoms with Gasteiger partial charge in [-0.25, -0.2) is 9.78 Å². The van der Waals surface area contributed by atoms with Crippen molar-refractivity contribution in [2.75, 3.05) is 19.6 Å². The molecule has 0 aliphatic carbocycles. The van der Waals surface area contributed by atoms with Crippen molar-refractivity contribution >= 4 is 17.0 Å². The molecule has 0 amide bonds. The number of unbranched alkanes of at least 4 members (excludes halogenated alkanes) is 2. The number of aromatic nitrogens is 2. The van der Waals surface area contributed by atoms with Gasteiger partial charge >= 0.3 is 5.97 Å². The van der Waals surface area contributed by atoms with Gasteiger partial charge in [-0.15, -0.1) is 0 Å². The van der Waals surface area contributed by atoms with Crippen LogP contribution in [-0.4, -0.2) is 45.2 Å².